The molecule has 11 heavy (non-hydrogen) atoms. The normalized spacial score (nSPS) is 15.9. The van der Waals surface area contributed by atoms with Crippen molar-refractivity contribution >= 4 is 0 Å². The third-order valence-corrected chi connectivity index (χ3v) is 1.61. The van der Waals surface area contributed by atoms with Gasteiger partial charge in [0.05, 0.1) is 0 Å². The molecule has 0 saturated carbocycles. The van der Waals surface area contributed by atoms with Crippen LogP contribution < -0.4 is 5.32 Å². The van der Waals surface area contributed by atoms with Crippen molar-refractivity contribution in [2.75, 3.05) is 13.6 Å². The van der Waals surface area contributed by atoms with E-state index in [0.29, 0.717) is 6.42 Å². The van der Waals surface area contributed by atoms with E-state index in [4.69, 9.17) is 0 Å². The van der Waals surface area contributed by atoms with Crippen molar-refractivity contribution < 1.29 is 10.0 Å². The molecule has 0 spiro atoms. The van der Waals surface area contributed by atoms with E-state index in [0.717, 1.165) is 0 Å². The maximum Gasteiger partial charge on any atom is 0.230 e. The third-order valence-electron chi connectivity index (χ3n) is 1.61. The summed E-state index contributed by atoms with van der Waals surface area (Å²) in [5.74, 6) is 0. The zero-order valence-corrected chi connectivity index (χ0v) is 6.78. The van der Waals surface area contributed by atoms with Crippen LogP contribution in [-0.2, 0) is 0 Å². The molecule has 0 heterocycles. The molecular weight excluding hydrogens is 148 g/mol. The zero-order valence-electron chi connectivity index (χ0n) is 6.78. The lowest BCUT2D eigenvalue weighted by Gasteiger charge is -2.16. The Bertz CT molecular complexity index is 125. The molecule has 0 aliphatic heterocycles. The maximum atomic E-state index is 9.96. The highest BCUT2D eigenvalue weighted by molar-refractivity contribution is 4.71. The minimum absolute atomic E-state index is 0.180. The van der Waals surface area contributed by atoms with Gasteiger partial charge in [-0.3, -0.25) is 10.1 Å². The van der Waals surface area contributed by atoms with Crippen molar-refractivity contribution in [3.63, 3.8) is 0 Å². The van der Waals surface area contributed by atoms with Gasteiger partial charge in [0.15, 0.2) is 0 Å². The van der Waals surface area contributed by atoms with Crippen molar-refractivity contribution in [2.45, 2.75) is 25.5 Å². The van der Waals surface area contributed by atoms with E-state index in [9.17, 15) is 15.2 Å². The third kappa shape index (κ3) is 3.90. The highest BCUT2D eigenvalue weighted by Crippen LogP contribution is 1.97. The van der Waals surface area contributed by atoms with E-state index in [1.54, 1.807) is 7.05 Å². The van der Waals surface area contributed by atoms with Gasteiger partial charge in [0.2, 0.25) is 6.54 Å². The number of aliphatic hydroxyl groups excluding tert-OH is 1. The molecule has 0 saturated heterocycles. The van der Waals surface area contributed by atoms with Gasteiger partial charge in [0, 0.05) is 11.0 Å². The second-order valence-corrected chi connectivity index (χ2v) is 2.39. The number of hydrogen-bond acceptors (Lipinski definition) is 4. The lowest BCUT2D eigenvalue weighted by atomic mass is 10.1. The average molecular weight is 162 g/mol. The van der Waals surface area contributed by atoms with Gasteiger partial charge >= 0.3 is 0 Å². The van der Waals surface area contributed by atoms with Gasteiger partial charge in [-0.1, -0.05) is 6.92 Å². The van der Waals surface area contributed by atoms with Crippen molar-refractivity contribution in [2.24, 2.45) is 0 Å². The molecule has 0 amide bonds. The van der Waals surface area contributed by atoms with Gasteiger partial charge in [0.25, 0.3) is 0 Å². The molecule has 0 radical (unpaired) electrons. The Kier molecular flexibility index (Phi) is 4.72. The zero-order chi connectivity index (χ0) is 8.85. The van der Waals surface area contributed by atoms with Crippen LogP contribution in [0.15, 0.2) is 0 Å². The van der Waals surface area contributed by atoms with Crippen LogP contribution >= 0.6 is 0 Å². The molecular formula is C6H14N2O3. The first-order valence-electron chi connectivity index (χ1n) is 3.59. The van der Waals surface area contributed by atoms with Crippen LogP contribution in [0.2, 0.25) is 0 Å². The summed E-state index contributed by atoms with van der Waals surface area (Å²) in [5.41, 5.74) is 0. The lowest BCUT2D eigenvalue weighted by Crippen LogP contribution is -2.41. The summed E-state index contributed by atoms with van der Waals surface area (Å²) in [5, 5.41) is 21.9. The standard InChI is InChI=1S/C6H14N2O3/c1-3-5(7-2)6(9)4-8(10)11/h5-7,9H,3-4H2,1-2H3/t5-,6?/m0/s1. The Labute approximate surface area is 65.6 Å². The van der Waals surface area contributed by atoms with Gasteiger partial charge in [-0.15, -0.1) is 0 Å². The van der Waals surface area contributed by atoms with E-state index in [-0.39, 0.29) is 12.6 Å². The predicted octanol–water partition coefficient (Wildman–Crippen LogP) is -0.378. The second-order valence-electron chi connectivity index (χ2n) is 2.39. The Morgan fingerprint density at radius 2 is 2.27 bits per heavy atom. The molecule has 2 atom stereocenters. The van der Waals surface area contributed by atoms with E-state index in [1.165, 1.54) is 0 Å². The van der Waals surface area contributed by atoms with Crippen LogP contribution in [0.4, 0.5) is 0 Å². The van der Waals surface area contributed by atoms with Gasteiger partial charge in [-0.25, -0.2) is 0 Å². The Hall–Kier alpha value is -0.680. The number of hydrogen-bond donors (Lipinski definition) is 2. The fourth-order valence-corrected chi connectivity index (χ4v) is 0.949. The fourth-order valence-electron chi connectivity index (χ4n) is 0.949. The molecule has 2 N–H and O–H groups in total. The first kappa shape index (κ1) is 10.3. The predicted molar refractivity (Wildman–Crippen MR) is 41.0 cm³/mol. The van der Waals surface area contributed by atoms with Crippen LogP contribution in [-0.4, -0.2) is 35.8 Å². The van der Waals surface area contributed by atoms with Crippen LogP contribution in [0, 0.1) is 10.1 Å². The van der Waals surface area contributed by atoms with Gasteiger partial charge in [-0.2, -0.15) is 0 Å². The highest BCUT2D eigenvalue weighted by Gasteiger charge is 2.19. The second kappa shape index (κ2) is 5.03. The van der Waals surface area contributed by atoms with Crippen molar-refractivity contribution in [1.82, 2.24) is 5.32 Å². The first-order valence-corrected chi connectivity index (χ1v) is 3.59. The summed E-state index contributed by atoms with van der Waals surface area (Å²) in [6.45, 7) is 1.48. The largest absolute Gasteiger partial charge is 0.385 e. The number of rotatable bonds is 5. The molecule has 0 aromatic rings. The summed E-state index contributed by atoms with van der Waals surface area (Å²) >= 11 is 0. The molecule has 1 unspecified atom stereocenters. The molecule has 0 aromatic carbocycles. The summed E-state index contributed by atoms with van der Waals surface area (Å²) in [6.07, 6.45) is -0.203. The number of aliphatic hydroxyl groups is 1. The minimum atomic E-state index is -0.889. The number of nitro groups is 1. The molecule has 0 aromatic heterocycles. The van der Waals surface area contributed by atoms with Gasteiger partial charge in [-0.05, 0) is 13.5 Å². The van der Waals surface area contributed by atoms with Crippen LogP contribution in [0.1, 0.15) is 13.3 Å². The summed E-state index contributed by atoms with van der Waals surface area (Å²) in [6, 6.07) is -0.180. The van der Waals surface area contributed by atoms with Crippen LogP contribution in [0.25, 0.3) is 0 Å². The molecule has 0 aliphatic rings. The van der Waals surface area contributed by atoms with Crippen molar-refractivity contribution in [3.05, 3.63) is 10.1 Å². The summed E-state index contributed by atoms with van der Waals surface area (Å²) < 4.78 is 0. The minimum Gasteiger partial charge on any atom is -0.385 e. The first-order chi connectivity index (χ1) is 5.11. The molecule has 0 bridgehead atoms. The SMILES string of the molecule is CC[C@H](NC)C(O)C[N+](=O)[O-]. The van der Waals surface area contributed by atoms with Gasteiger partial charge < -0.3 is 10.4 Å². The topological polar surface area (TPSA) is 75.4 Å². The lowest BCUT2D eigenvalue weighted by molar-refractivity contribution is -0.491. The summed E-state index contributed by atoms with van der Waals surface area (Å²) in [4.78, 5) is 9.45. The number of likely N-dealkylation sites (N-methyl/N-ethyl adjacent to an activating group) is 1. The van der Waals surface area contributed by atoms with Crippen LogP contribution in [0.3, 0.4) is 0 Å². The van der Waals surface area contributed by atoms with Crippen molar-refractivity contribution in [1.29, 1.82) is 0 Å². The molecule has 0 fully saturated rings. The summed E-state index contributed by atoms with van der Waals surface area (Å²) in [7, 11) is 1.68. The number of nitrogens with zero attached hydrogens (tertiary/aromatic N) is 1. The van der Waals surface area contributed by atoms with E-state index in [1.807, 2.05) is 6.92 Å². The molecule has 0 aliphatic carbocycles. The van der Waals surface area contributed by atoms with Crippen molar-refractivity contribution in [3.8, 4) is 0 Å². The fraction of sp³-hybridized carbons (Fsp3) is 1.00. The Balaban J connectivity index is 3.78. The van der Waals surface area contributed by atoms with E-state index >= 15 is 0 Å². The van der Waals surface area contributed by atoms with E-state index < -0.39 is 11.0 Å². The number of nitrogens with one attached hydrogen (secondary N) is 1. The maximum absolute atomic E-state index is 9.96. The Morgan fingerprint density at radius 1 is 1.73 bits per heavy atom. The quantitative estimate of drug-likeness (QED) is 0.427. The van der Waals surface area contributed by atoms with Crippen LogP contribution in [0.5, 0.6) is 0 Å². The molecule has 5 heteroatoms. The molecule has 0 rings (SSSR count). The molecule has 5 nitrogen and oxygen atoms in total. The molecule has 66 valence electrons. The van der Waals surface area contributed by atoms with E-state index in [2.05, 4.69) is 5.32 Å². The van der Waals surface area contributed by atoms with Gasteiger partial charge in [0.1, 0.15) is 6.10 Å². The highest BCUT2D eigenvalue weighted by atomic mass is 16.6. The average Bonchev–Trinajstić information content (AvgIpc) is 1.88. The smallest absolute Gasteiger partial charge is 0.230 e. The monoisotopic (exact) mass is 162 g/mol. The Morgan fingerprint density at radius 3 is 2.55 bits per heavy atom.